The van der Waals surface area contributed by atoms with Crippen LogP contribution in [0.5, 0.6) is 11.5 Å². The van der Waals surface area contributed by atoms with E-state index in [2.05, 4.69) is 4.98 Å². The second-order valence-electron chi connectivity index (χ2n) is 6.51. The predicted molar refractivity (Wildman–Crippen MR) is 110 cm³/mol. The van der Waals surface area contributed by atoms with E-state index in [-0.39, 0.29) is 5.69 Å². The predicted octanol–water partition coefficient (Wildman–Crippen LogP) is 3.26. The van der Waals surface area contributed by atoms with Crippen LogP contribution in [0.3, 0.4) is 0 Å². The number of aryl methyl sites for hydroxylation is 1. The molecule has 1 aromatic carbocycles. The topological polar surface area (TPSA) is 104 Å². The maximum absolute atomic E-state index is 12.7. The number of carbonyl (C=O) groups excluding carboxylic acids is 3. The minimum atomic E-state index is -1.05. The van der Waals surface area contributed by atoms with Crippen LogP contribution in [0.15, 0.2) is 24.3 Å². The number of hydrogen-bond donors (Lipinski definition) is 1. The van der Waals surface area contributed by atoms with Crippen LogP contribution in [0, 0.1) is 13.8 Å². The fourth-order valence-electron chi connectivity index (χ4n) is 3.00. The van der Waals surface area contributed by atoms with Gasteiger partial charge < -0.3 is 23.9 Å². The lowest BCUT2D eigenvalue weighted by Crippen LogP contribution is -2.24. The van der Waals surface area contributed by atoms with Crippen LogP contribution < -0.4 is 9.47 Å². The molecule has 2 rings (SSSR count). The van der Waals surface area contributed by atoms with E-state index in [1.165, 1.54) is 34.3 Å². The van der Waals surface area contributed by atoms with E-state index in [0.717, 1.165) is 0 Å². The monoisotopic (exact) mass is 415 g/mol. The molecule has 0 aliphatic rings. The third kappa shape index (κ3) is 4.89. The number of carbonyl (C=O) groups is 3. The first-order valence-corrected chi connectivity index (χ1v) is 9.15. The van der Waals surface area contributed by atoms with Crippen molar-refractivity contribution in [2.24, 2.45) is 0 Å². The number of aromatic nitrogens is 1. The Morgan fingerprint density at radius 3 is 2.30 bits per heavy atom. The van der Waals surface area contributed by atoms with Crippen molar-refractivity contribution in [2.75, 3.05) is 21.3 Å². The Labute approximate surface area is 174 Å². The molecule has 1 heterocycles. The molecule has 30 heavy (non-hydrogen) atoms. The molecule has 0 spiro atoms. The molecule has 0 bridgehead atoms. The highest BCUT2D eigenvalue weighted by Crippen LogP contribution is 2.28. The van der Waals surface area contributed by atoms with Gasteiger partial charge in [0.25, 0.3) is 0 Å². The number of rotatable bonds is 8. The first kappa shape index (κ1) is 22.7. The molecule has 0 saturated heterocycles. The molecule has 0 radical (unpaired) electrons. The summed E-state index contributed by atoms with van der Waals surface area (Å²) in [6.07, 6.45) is 1.72. The molecule has 8 nitrogen and oxygen atoms in total. The van der Waals surface area contributed by atoms with E-state index in [0.29, 0.717) is 33.9 Å². The molecule has 0 saturated carbocycles. The minimum Gasteiger partial charge on any atom is -0.493 e. The fraction of sp³-hybridized carbons (Fsp3) is 0.318. The average Bonchev–Trinajstić information content (AvgIpc) is 3.04. The smallest absolute Gasteiger partial charge is 0.339 e. The lowest BCUT2D eigenvalue weighted by Gasteiger charge is -2.11. The number of ketones is 1. The Morgan fingerprint density at radius 2 is 1.70 bits per heavy atom. The van der Waals surface area contributed by atoms with Gasteiger partial charge in [0.05, 0.1) is 32.6 Å². The maximum Gasteiger partial charge on any atom is 0.339 e. The molecule has 1 aromatic heterocycles. The third-order valence-corrected chi connectivity index (χ3v) is 4.56. The number of nitrogens with one attached hydrogen (secondary N) is 1. The van der Waals surface area contributed by atoms with Crippen molar-refractivity contribution in [3.8, 4) is 11.5 Å². The Morgan fingerprint density at radius 1 is 1.03 bits per heavy atom. The summed E-state index contributed by atoms with van der Waals surface area (Å²) in [4.78, 5) is 39.6. The Balaban J connectivity index is 2.10. The van der Waals surface area contributed by atoms with E-state index in [1.807, 2.05) is 0 Å². The first-order chi connectivity index (χ1) is 14.2. The van der Waals surface area contributed by atoms with Gasteiger partial charge in [0, 0.05) is 11.8 Å². The van der Waals surface area contributed by atoms with Gasteiger partial charge in [-0.3, -0.25) is 4.79 Å². The van der Waals surface area contributed by atoms with Crippen LogP contribution in [0.25, 0.3) is 6.08 Å². The molecule has 0 aliphatic heterocycles. The number of hydrogen-bond acceptors (Lipinski definition) is 7. The van der Waals surface area contributed by atoms with E-state index in [4.69, 9.17) is 18.9 Å². The molecule has 2 aromatic rings. The second kappa shape index (κ2) is 9.78. The van der Waals surface area contributed by atoms with Gasteiger partial charge in [0.1, 0.15) is 0 Å². The highest BCUT2D eigenvalue weighted by Gasteiger charge is 2.27. The third-order valence-electron chi connectivity index (χ3n) is 4.56. The van der Waals surface area contributed by atoms with Crippen molar-refractivity contribution >= 4 is 23.8 Å². The quantitative estimate of drug-likeness (QED) is 0.401. The second-order valence-corrected chi connectivity index (χ2v) is 6.51. The molecular weight excluding hydrogens is 390 g/mol. The normalized spacial score (nSPS) is 11.8. The molecule has 0 fully saturated rings. The summed E-state index contributed by atoms with van der Waals surface area (Å²) < 4.78 is 20.3. The Hall–Kier alpha value is -3.55. The number of methoxy groups -OCH3 is 3. The van der Waals surface area contributed by atoms with Crippen LogP contribution >= 0.6 is 0 Å². The van der Waals surface area contributed by atoms with Crippen LogP contribution in [0.4, 0.5) is 0 Å². The largest absolute Gasteiger partial charge is 0.493 e. The first-order valence-electron chi connectivity index (χ1n) is 9.15. The number of aromatic amines is 1. The van der Waals surface area contributed by atoms with Crippen molar-refractivity contribution < 1.29 is 33.3 Å². The molecule has 1 unspecified atom stereocenters. The lowest BCUT2D eigenvalue weighted by atomic mass is 10.1. The van der Waals surface area contributed by atoms with Gasteiger partial charge in [-0.2, -0.15) is 0 Å². The van der Waals surface area contributed by atoms with Crippen LogP contribution in [-0.2, 0) is 14.3 Å². The van der Waals surface area contributed by atoms with E-state index >= 15 is 0 Å². The van der Waals surface area contributed by atoms with Crippen LogP contribution in [0.2, 0.25) is 0 Å². The summed E-state index contributed by atoms with van der Waals surface area (Å²) in [5.74, 6) is -0.573. The van der Waals surface area contributed by atoms with Crippen molar-refractivity contribution in [3.05, 3.63) is 52.4 Å². The van der Waals surface area contributed by atoms with Gasteiger partial charge in [0.15, 0.2) is 17.6 Å². The summed E-state index contributed by atoms with van der Waals surface area (Å²) >= 11 is 0. The zero-order valence-corrected chi connectivity index (χ0v) is 17.8. The zero-order valence-electron chi connectivity index (χ0n) is 17.8. The van der Waals surface area contributed by atoms with Gasteiger partial charge in [-0.15, -0.1) is 0 Å². The van der Waals surface area contributed by atoms with E-state index in [1.54, 1.807) is 38.1 Å². The SMILES string of the molecule is COC(=O)c1c(C)[nH]c(C(=O)C(C)OC(=O)/C=C/c2ccc(OC)c(OC)c2)c1C. The molecular formula is C22H25NO7. The van der Waals surface area contributed by atoms with Gasteiger partial charge in [-0.05, 0) is 50.1 Å². The minimum absolute atomic E-state index is 0.206. The summed E-state index contributed by atoms with van der Waals surface area (Å²) in [5.41, 5.74) is 2.16. The number of ether oxygens (including phenoxy) is 4. The summed E-state index contributed by atoms with van der Waals surface area (Å²) in [7, 11) is 4.32. The van der Waals surface area contributed by atoms with Crippen molar-refractivity contribution in [3.63, 3.8) is 0 Å². The summed E-state index contributed by atoms with van der Waals surface area (Å²) in [6.45, 7) is 4.77. The summed E-state index contributed by atoms with van der Waals surface area (Å²) in [5, 5.41) is 0. The molecule has 1 atom stereocenters. The van der Waals surface area contributed by atoms with E-state index < -0.39 is 23.8 Å². The molecule has 1 N–H and O–H groups in total. The number of benzene rings is 1. The average molecular weight is 415 g/mol. The van der Waals surface area contributed by atoms with Gasteiger partial charge >= 0.3 is 11.9 Å². The Kier molecular flexibility index (Phi) is 7.41. The summed E-state index contributed by atoms with van der Waals surface area (Å²) in [6, 6.07) is 5.17. The van der Waals surface area contributed by atoms with Crippen molar-refractivity contribution in [1.29, 1.82) is 0 Å². The van der Waals surface area contributed by atoms with Crippen molar-refractivity contribution in [2.45, 2.75) is 26.9 Å². The number of esters is 2. The van der Waals surface area contributed by atoms with Gasteiger partial charge in [0.2, 0.25) is 5.78 Å². The highest BCUT2D eigenvalue weighted by molar-refractivity contribution is 6.04. The Bertz CT molecular complexity index is 988. The molecule has 8 heteroatoms. The fourth-order valence-corrected chi connectivity index (χ4v) is 3.00. The maximum atomic E-state index is 12.7. The molecule has 160 valence electrons. The van der Waals surface area contributed by atoms with Crippen LogP contribution in [-0.4, -0.2) is 50.1 Å². The van der Waals surface area contributed by atoms with Crippen molar-refractivity contribution in [1.82, 2.24) is 4.98 Å². The number of Topliss-reactive ketones (excluding diaryl/α,β-unsaturated/α-hetero) is 1. The molecule has 0 amide bonds. The number of H-pyrrole nitrogens is 1. The lowest BCUT2D eigenvalue weighted by molar-refractivity contribution is -0.140. The van der Waals surface area contributed by atoms with Gasteiger partial charge in [-0.25, -0.2) is 9.59 Å². The zero-order chi connectivity index (χ0) is 22.4. The van der Waals surface area contributed by atoms with Crippen LogP contribution in [0.1, 0.15) is 44.6 Å². The highest BCUT2D eigenvalue weighted by atomic mass is 16.5. The van der Waals surface area contributed by atoms with E-state index in [9.17, 15) is 14.4 Å². The molecule has 0 aliphatic carbocycles. The standard InChI is InChI=1S/C22H25NO7/c1-12-19(22(26)29-6)13(2)23-20(12)21(25)14(3)30-18(24)10-8-15-7-9-16(27-4)17(11-15)28-5/h7-11,14,23H,1-6H3/b10-8+. The van der Waals surface area contributed by atoms with Gasteiger partial charge in [-0.1, -0.05) is 6.07 Å².